The van der Waals surface area contributed by atoms with Crippen LogP contribution >= 0.6 is 11.6 Å². The first-order valence-corrected chi connectivity index (χ1v) is 12.7. The maximum atomic E-state index is 10.9. The Morgan fingerprint density at radius 2 is 1.83 bits per heavy atom. The highest BCUT2D eigenvalue weighted by atomic mass is 35.5. The second-order valence-electron chi connectivity index (χ2n) is 9.91. The molecule has 5 N–H and O–H groups in total. The van der Waals surface area contributed by atoms with Crippen molar-refractivity contribution in [3.63, 3.8) is 0 Å². The van der Waals surface area contributed by atoms with Crippen LogP contribution in [0.15, 0.2) is 30.3 Å². The molecule has 2 aromatic carbocycles. The van der Waals surface area contributed by atoms with E-state index in [2.05, 4.69) is 34.6 Å². The van der Waals surface area contributed by atoms with Gasteiger partial charge in [-0.05, 0) is 61.3 Å². The van der Waals surface area contributed by atoms with Gasteiger partial charge in [0.25, 0.3) is 0 Å². The fraction of sp³-hybridized carbons (Fsp3) is 0.536. The molecular formula is C28H40ClNO5. The molecule has 1 heterocycles. The van der Waals surface area contributed by atoms with Crippen LogP contribution in [0.5, 0.6) is 17.2 Å². The SMILES string of the molecule is CCC1(CCOc2ccc(CC(Cl)C(=O)O)cc2)CCc2c(cc(C(C)C)c(O)c2C(C)C)O1.N. The highest BCUT2D eigenvalue weighted by Gasteiger charge is 2.37. The van der Waals surface area contributed by atoms with Crippen molar-refractivity contribution in [1.29, 1.82) is 0 Å². The minimum atomic E-state index is -1.02. The molecule has 0 radical (unpaired) electrons. The molecule has 1 aliphatic rings. The zero-order valence-corrected chi connectivity index (χ0v) is 22.3. The lowest BCUT2D eigenvalue weighted by molar-refractivity contribution is -0.136. The van der Waals surface area contributed by atoms with Crippen LogP contribution in [-0.2, 0) is 17.6 Å². The number of ether oxygens (including phenoxy) is 2. The third-order valence-corrected chi connectivity index (χ3v) is 7.21. The average Bonchev–Trinajstić information content (AvgIpc) is 2.79. The second kappa shape index (κ2) is 12.0. The number of benzene rings is 2. The van der Waals surface area contributed by atoms with Crippen molar-refractivity contribution in [3.8, 4) is 17.2 Å². The summed E-state index contributed by atoms with van der Waals surface area (Å²) in [7, 11) is 0. The Balaban J connectivity index is 0.00000432. The van der Waals surface area contributed by atoms with Gasteiger partial charge in [0.15, 0.2) is 0 Å². The molecule has 194 valence electrons. The number of alkyl halides is 1. The van der Waals surface area contributed by atoms with E-state index < -0.39 is 11.3 Å². The molecule has 0 amide bonds. The van der Waals surface area contributed by atoms with E-state index in [0.29, 0.717) is 12.4 Å². The normalized spacial score (nSPS) is 17.9. The van der Waals surface area contributed by atoms with Crippen molar-refractivity contribution < 1.29 is 24.5 Å². The van der Waals surface area contributed by atoms with Crippen molar-refractivity contribution >= 4 is 17.6 Å². The van der Waals surface area contributed by atoms with E-state index in [4.69, 9.17) is 26.2 Å². The zero-order chi connectivity index (χ0) is 25.0. The summed E-state index contributed by atoms with van der Waals surface area (Å²) in [6.07, 6.45) is 3.65. The minimum Gasteiger partial charge on any atom is -0.507 e. The van der Waals surface area contributed by atoms with E-state index in [1.807, 2.05) is 30.3 Å². The number of aromatic hydroxyl groups is 1. The quantitative estimate of drug-likeness (QED) is 0.300. The molecule has 7 heteroatoms. The van der Waals surface area contributed by atoms with E-state index in [9.17, 15) is 9.90 Å². The van der Waals surface area contributed by atoms with E-state index in [1.54, 1.807) is 0 Å². The zero-order valence-electron chi connectivity index (χ0n) is 21.6. The molecule has 0 bridgehead atoms. The maximum absolute atomic E-state index is 10.9. The average molecular weight is 506 g/mol. The van der Waals surface area contributed by atoms with Gasteiger partial charge >= 0.3 is 5.97 Å². The van der Waals surface area contributed by atoms with Crippen LogP contribution in [0.4, 0.5) is 0 Å². The molecule has 0 aliphatic carbocycles. The Morgan fingerprint density at radius 1 is 1.17 bits per heavy atom. The number of carbonyl (C=O) groups is 1. The third kappa shape index (κ3) is 6.62. The van der Waals surface area contributed by atoms with Gasteiger partial charge in [0.05, 0.1) is 6.61 Å². The van der Waals surface area contributed by atoms with Crippen molar-refractivity contribution in [1.82, 2.24) is 6.15 Å². The summed E-state index contributed by atoms with van der Waals surface area (Å²) >= 11 is 5.83. The predicted molar refractivity (Wildman–Crippen MR) is 141 cm³/mol. The second-order valence-corrected chi connectivity index (χ2v) is 10.4. The number of fused-ring (bicyclic) bond motifs is 1. The highest BCUT2D eigenvalue weighted by Crippen LogP contribution is 2.46. The first-order chi connectivity index (χ1) is 16.1. The fourth-order valence-corrected chi connectivity index (χ4v) is 4.93. The van der Waals surface area contributed by atoms with Crippen molar-refractivity contribution in [2.45, 2.75) is 89.5 Å². The van der Waals surface area contributed by atoms with Crippen LogP contribution < -0.4 is 15.6 Å². The van der Waals surface area contributed by atoms with Crippen molar-refractivity contribution in [3.05, 3.63) is 52.6 Å². The number of halogens is 1. The van der Waals surface area contributed by atoms with Gasteiger partial charge in [-0.2, -0.15) is 0 Å². The molecule has 1 aliphatic heterocycles. The van der Waals surface area contributed by atoms with Gasteiger partial charge in [-0.15, -0.1) is 11.6 Å². The fourth-order valence-electron chi connectivity index (χ4n) is 4.75. The van der Waals surface area contributed by atoms with Gasteiger partial charge in [-0.1, -0.05) is 46.8 Å². The van der Waals surface area contributed by atoms with Gasteiger partial charge in [-0.3, -0.25) is 4.79 Å². The van der Waals surface area contributed by atoms with Crippen LogP contribution in [0.3, 0.4) is 0 Å². The van der Waals surface area contributed by atoms with Gasteiger partial charge in [0.2, 0.25) is 0 Å². The number of hydrogen-bond donors (Lipinski definition) is 3. The molecule has 0 fully saturated rings. The summed E-state index contributed by atoms with van der Waals surface area (Å²) in [6.45, 7) is 11.1. The topological polar surface area (TPSA) is 111 Å². The summed E-state index contributed by atoms with van der Waals surface area (Å²) in [5, 5.41) is 19.0. The molecule has 0 saturated carbocycles. The summed E-state index contributed by atoms with van der Waals surface area (Å²) in [5.74, 6) is 1.48. The van der Waals surface area contributed by atoms with Crippen LogP contribution in [-0.4, -0.2) is 33.8 Å². The summed E-state index contributed by atoms with van der Waals surface area (Å²) in [5.41, 5.74) is 3.64. The van der Waals surface area contributed by atoms with Crippen LogP contribution in [0.25, 0.3) is 0 Å². The molecule has 6 nitrogen and oxygen atoms in total. The van der Waals surface area contributed by atoms with Crippen molar-refractivity contribution in [2.24, 2.45) is 0 Å². The Bertz CT molecular complexity index is 1010. The number of aliphatic carboxylic acids is 1. The maximum Gasteiger partial charge on any atom is 0.321 e. The van der Waals surface area contributed by atoms with Gasteiger partial charge < -0.3 is 25.8 Å². The Kier molecular flexibility index (Phi) is 9.87. The standard InChI is InChI=1S/C28H37ClO5.H3N/c1-6-28(13-14-33-20-9-7-19(8-10-20)15-23(29)27(31)32)12-11-21-24(34-28)16-22(17(2)3)26(30)25(21)18(4)5;/h7-10,16-18,23,30H,6,11-15H2,1-5H3,(H,31,32);1H3. The number of hydrogen-bond acceptors (Lipinski definition) is 5. The molecule has 0 spiro atoms. The Hall–Kier alpha value is -2.44. The van der Waals surface area contributed by atoms with Gasteiger partial charge in [0.1, 0.15) is 28.2 Å². The Labute approximate surface area is 214 Å². The first kappa shape index (κ1) is 28.8. The van der Waals surface area contributed by atoms with Crippen LogP contribution in [0.1, 0.15) is 88.0 Å². The molecule has 2 unspecified atom stereocenters. The summed E-state index contributed by atoms with van der Waals surface area (Å²) < 4.78 is 12.7. The monoisotopic (exact) mass is 505 g/mol. The third-order valence-electron chi connectivity index (χ3n) is 6.87. The van der Waals surface area contributed by atoms with E-state index in [-0.39, 0.29) is 30.0 Å². The largest absolute Gasteiger partial charge is 0.507 e. The first-order valence-electron chi connectivity index (χ1n) is 12.2. The van der Waals surface area contributed by atoms with Crippen molar-refractivity contribution in [2.75, 3.05) is 6.61 Å². The van der Waals surface area contributed by atoms with Crippen LogP contribution in [0.2, 0.25) is 0 Å². The molecule has 2 aromatic rings. The number of carboxylic acids is 1. The molecule has 0 saturated heterocycles. The van der Waals surface area contributed by atoms with Gasteiger partial charge in [-0.25, -0.2) is 0 Å². The number of phenols is 1. The lowest BCUT2D eigenvalue weighted by Crippen LogP contribution is -2.40. The minimum absolute atomic E-state index is 0. The van der Waals surface area contributed by atoms with E-state index in [0.717, 1.165) is 59.4 Å². The van der Waals surface area contributed by atoms with E-state index in [1.165, 1.54) is 0 Å². The molecule has 35 heavy (non-hydrogen) atoms. The Morgan fingerprint density at radius 3 is 2.37 bits per heavy atom. The number of rotatable bonds is 10. The van der Waals surface area contributed by atoms with Gasteiger partial charge in [0, 0.05) is 23.1 Å². The number of carboxylic acid groups (broad SMARTS) is 1. The molecule has 2 atom stereocenters. The summed E-state index contributed by atoms with van der Waals surface area (Å²) in [4.78, 5) is 10.9. The molecular weight excluding hydrogens is 466 g/mol. The number of phenolic OH excluding ortho intramolecular Hbond substituents is 1. The molecule has 0 aromatic heterocycles. The van der Waals surface area contributed by atoms with Crippen LogP contribution in [0, 0.1) is 0 Å². The summed E-state index contributed by atoms with van der Waals surface area (Å²) in [6, 6.07) is 9.44. The molecule has 3 rings (SSSR count). The highest BCUT2D eigenvalue weighted by molar-refractivity contribution is 6.29. The van der Waals surface area contributed by atoms with E-state index >= 15 is 0 Å². The predicted octanol–water partition coefficient (Wildman–Crippen LogP) is 6.98. The lowest BCUT2D eigenvalue weighted by Gasteiger charge is -2.40. The lowest BCUT2D eigenvalue weighted by atomic mass is 9.81. The smallest absolute Gasteiger partial charge is 0.321 e.